The summed E-state index contributed by atoms with van der Waals surface area (Å²) in [5.74, 6) is 1.93. The molecule has 1 N–H and O–H groups in total. The molecule has 2 aromatic carbocycles. The second kappa shape index (κ2) is 9.62. The monoisotopic (exact) mass is 370 g/mol. The summed E-state index contributed by atoms with van der Waals surface area (Å²) in [7, 11) is 3.14. The van der Waals surface area contributed by atoms with Gasteiger partial charge in [0.15, 0.2) is 18.1 Å². The lowest BCUT2D eigenvalue weighted by molar-refractivity contribution is -0.123. The topological polar surface area (TPSA) is 69.2 Å². The third-order valence-corrected chi connectivity index (χ3v) is 3.96. The quantitative estimate of drug-likeness (QED) is 0.569. The van der Waals surface area contributed by atoms with Crippen molar-refractivity contribution in [1.82, 2.24) is 5.43 Å². The number of amides is 1. The molecule has 0 heterocycles. The standard InChI is InChI=1S/C21H26N2O4/c1-14(2)17-8-6-15(3)10-19(17)27-13-21(24)23-22-12-16-7-9-18(25-4)20(11-16)26-5/h6-12,14H,13H2,1-5H3,(H,23,24). The van der Waals surface area contributed by atoms with E-state index in [2.05, 4.69) is 24.4 Å². The zero-order valence-corrected chi connectivity index (χ0v) is 16.4. The molecule has 2 rings (SSSR count). The van der Waals surface area contributed by atoms with E-state index in [1.165, 1.54) is 6.21 Å². The largest absolute Gasteiger partial charge is 0.493 e. The fourth-order valence-corrected chi connectivity index (χ4v) is 2.53. The van der Waals surface area contributed by atoms with Gasteiger partial charge in [-0.05, 0) is 53.8 Å². The SMILES string of the molecule is COc1ccc(C=NNC(=O)COc2cc(C)ccc2C(C)C)cc1OC. The summed E-state index contributed by atoms with van der Waals surface area (Å²) in [6.07, 6.45) is 1.53. The van der Waals surface area contributed by atoms with Crippen LogP contribution in [0, 0.1) is 6.92 Å². The van der Waals surface area contributed by atoms with Gasteiger partial charge in [-0.3, -0.25) is 4.79 Å². The molecule has 0 spiro atoms. The Morgan fingerprint density at radius 3 is 2.48 bits per heavy atom. The van der Waals surface area contributed by atoms with Gasteiger partial charge < -0.3 is 14.2 Å². The molecule has 2 aromatic rings. The van der Waals surface area contributed by atoms with Crippen molar-refractivity contribution in [2.45, 2.75) is 26.7 Å². The predicted molar refractivity (Wildman–Crippen MR) is 106 cm³/mol. The molecular weight excluding hydrogens is 344 g/mol. The Morgan fingerprint density at radius 2 is 1.81 bits per heavy atom. The minimum absolute atomic E-state index is 0.105. The van der Waals surface area contributed by atoms with Crippen LogP contribution in [0.2, 0.25) is 0 Å². The molecule has 144 valence electrons. The molecule has 0 aliphatic rings. The Kier molecular flexibility index (Phi) is 7.23. The van der Waals surface area contributed by atoms with Crippen LogP contribution in [0.4, 0.5) is 0 Å². The lowest BCUT2D eigenvalue weighted by Crippen LogP contribution is -2.25. The van der Waals surface area contributed by atoms with E-state index >= 15 is 0 Å². The first-order valence-electron chi connectivity index (χ1n) is 8.72. The summed E-state index contributed by atoms with van der Waals surface area (Å²) < 4.78 is 16.1. The highest BCUT2D eigenvalue weighted by atomic mass is 16.5. The van der Waals surface area contributed by atoms with Gasteiger partial charge in [-0.2, -0.15) is 5.10 Å². The molecule has 0 aliphatic heterocycles. The normalized spacial score (nSPS) is 10.9. The lowest BCUT2D eigenvalue weighted by Gasteiger charge is -2.14. The Labute approximate surface area is 160 Å². The first-order chi connectivity index (χ1) is 12.9. The van der Waals surface area contributed by atoms with Crippen molar-refractivity contribution in [1.29, 1.82) is 0 Å². The summed E-state index contributed by atoms with van der Waals surface area (Å²) in [5, 5.41) is 3.96. The van der Waals surface area contributed by atoms with E-state index in [4.69, 9.17) is 14.2 Å². The van der Waals surface area contributed by atoms with Crippen molar-refractivity contribution in [3.8, 4) is 17.2 Å². The Hall–Kier alpha value is -3.02. The van der Waals surface area contributed by atoms with E-state index < -0.39 is 0 Å². The zero-order valence-electron chi connectivity index (χ0n) is 16.4. The number of methoxy groups -OCH3 is 2. The van der Waals surface area contributed by atoms with Gasteiger partial charge in [0.25, 0.3) is 5.91 Å². The molecule has 0 radical (unpaired) electrons. The Bertz CT molecular complexity index is 816. The molecule has 6 nitrogen and oxygen atoms in total. The molecule has 0 saturated heterocycles. The second-order valence-electron chi connectivity index (χ2n) is 6.39. The van der Waals surface area contributed by atoms with E-state index in [1.54, 1.807) is 26.4 Å². The number of ether oxygens (including phenoxy) is 3. The summed E-state index contributed by atoms with van der Waals surface area (Å²) in [6, 6.07) is 11.4. The van der Waals surface area contributed by atoms with Crippen LogP contribution in [0.25, 0.3) is 0 Å². The van der Waals surface area contributed by atoms with Gasteiger partial charge >= 0.3 is 0 Å². The fraction of sp³-hybridized carbons (Fsp3) is 0.333. The molecule has 27 heavy (non-hydrogen) atoms. The van der Waals surface area contributed by atoms with Gasteiger partial charge in [-0.1, -0.05) is 26.0 Å². The molecule has 0 unspecified atom stereocenters. The number of nitrogens with one attached hydrogen (secondary N) is 1. The highest BCUT2D eigenvalue weighted by Gasteiger charge is 2.10. The summed E-state index contributed by atoms with van der Waals surface area (Å²) in [6.45, 7) is 6.06. The number of hydrogen-bond acceptors (Lipinski definition) is 5. The van der Waals surface area contributed by atoms with Crippen LogP contribution in [0.1, 0.15) is 36.5 Å². The number of hydrogen-bond donors (Lipinski definition) is 1. The van der Waals surface area contributed by atoms with Gasteiger partial charge in [0.2, 0.25) is 0 Å². The van der Waals surface area contributed by atoms with Gasteiger partial charge in [0.1, 0.15) is 5.75 Å². The Balaban J connectivity index is 1.93. The predicted octanol–water partition coefficient (Wildman–Crippen LogP) is 3.66. The van der Waals surface area contributed by atoms with Crippen molar-refractivity contribution in [3.63, 3.8) is 0 Å². The van der Waals surface area contributed by atoms with Crippen molar-refractivity contribution in [3.05, 3.63) is 53.1 Å². The highest BCUT2D eigenvalue weighted by molar-refractivity contribution is 5.83. The molecule has 0 saturated carbocycles. The third-order valence-electron chi connectivity index (χ3n) is 3.96. The maximum atomic E-state index is 12.0. The summed E-state index contributed by atoms with van der Waals surface area (Å²) in [4.78, 5) is 12.0. The zero-order chi connectivity index (χ0) is 19.8. The van der Waals surface area contributed by atoms with Crippen LogP contribution in [-0.4, -0.2) is 32.9 Å². The van der Waals surface area contributed by atoms with Gasteiger partial charge in [0.05, 0.1) is 20.4 Å². The maximum Gasteiger partial charge on any atom is 0.277 e. The molecule has 0 atom stereocenters. The van der Waals surface area contributed by atoms with E-state index in [1.807, 2.05) is 31.2 Å². The van der Waals surface area contributed by atoms with E-state index in [9.17, 15) is 4.79 Å². The van der Waals surface area contributed by atoms with Crippen molar-refractivity contribution in [2.75, 3.05) is 20.8 Å². The minimum atomic E-state index is -0.331. The van der Waals surface area contributed by atoms with Crippen molar-refractivity contribution < 1.29 is 19.0 Å². The van der Waals surface area contributed by atoms with Crippen molar-refractivity contribution in [2.24, 2.45) is 5.10 Å². The van der Waals surface area contributed by atoms with Crippen LogP contribution in [0.3, 0.4) is 0 Å². The number of rotatable bonds is 8. The molecule has 0 aromatic heterocycles. The Morgan fingerprint density at radius 1 is 1.07 bits per heavy atom. The smallest absolute Gasteiger partial charge is 0.277 e. The number of carbonyl (C=O) groups excluding carboxylic acids is 1. The molecule has 0 fully saturated rings. The average molecular weight is 370 g/mol. The highest BCUT2D eigenvalue weighted by Crippen LogP contribution is 2.28. The van der Waals surface area contributed by atoms with E-state index in [-0.39, 0.29) is 12.5 Å². The van der Waals surface area contributed by atoms with Crippen LogP contribution < -0.4 is 19.6 Å². The number of aryl methyl sites for hydroxylation is 1. The summed E-state index contributed by atoms with van der Waals surface area (Å²) in [5.41, 5.74) is 5.39. The first kappa shape index (κ1) is 20.3. The van der Waals surface area contributed by atoms with Gasteiger partial charge in [-0.15, -0.1) is 0 Å². The van der Waals surface area contributed by atoms with Gasteiger partial charge in [0, 0.05) is 0 Å². The third kappa shape index (κ3) is 5.74. The molecule has 0 aliphatic carbocycles. The summed E-state index contributed by atoms with van der Waals surface area (Å²) >= 11 is 0. The number of hydrazone groups is 1. The second-order valence-corrected chi connectivity index (χ2v) is 6.39. The minimum Gasteiger partial charge on any atom is -0.493 e. The number of nitrogens with zero attached hydrogens (tertiary/aromatic N) is 1. The molecule has 1 amide bonds. The molecule has 0 bridgehead atoms. The van der Waals surface area contributed by atoms with Gasteiger partial charge in [-0.25, -0.2) is 5.43 Å². The van der Waals surface area contributed by atoms with E-state index in [0.717, 1.165) is 22.4 Å². The number of carbonyl (C=O) groups is 1. The van der Waals surface area contributed by atoms with Crippen LogP contribution >= 0.6 is 0 Å². The lowest BCUT2D eigenvalue weighted by atomic mass is 10.0. The molecule has 6 heteroatoms. The van der Waals surface area contributed by atoms with Crippen molar-refractivity contribution >= 4 is 12.1 Å². The van der Waals surface area contributed by atoms with Crippen LogP contribution in [0.5, 0.6) is 17.2 Å². The van der Waals surface area contributed by atoms with E-state index in [0.29, 0.717) is 17.4 Å². The molecular formula is C21H26N2O4. The number of benzene rings is 2. The van der Waals surface area contributed by atoms with Crippen LogP contribution in [0.15, 0.2) is 41.5 Å². The first-order valence-corrected chi connectivity index (χ1v) is 8.72. The fourth-order valence-electron chi connectivity index (χ4n) is 2.53. The van der Waals surface area contributed by atoms with Crippen LogP contribution in [-0.2, 0) is 4.79 Å². The average Bonchev–Trinajstić information content (AvgIpc) is 2.66. The maximum absolute atomic E-state index is 12.0.